The molecule has 14 nitrogen and oxygen atoms in total. The first-order valence-electron chi connectivity index (χ1n) is 10.4. The molecule has 3 amide bonds. The molecule has 35 heavy (non-hydrogen) atoms. The van der Waals surface area contributed by atoms with Crippen molar-refractivity contribution >= 4 is 35.6 Å². The van der Waals surface area contributed by atoms with Gasteiger partial charge in [0.1, 0.15) is 23.9 Å². The minimum Gasteiger partial charge on any atom is -0.508 e. The summed E-state index contributed by atoms with van der Waals surface area (Å²) >= 11 is 0. The Balaban J connectivity index is 3.15. The van der Waals surface area contributed by atoms with E-state index < -0.39 is 79.1 Å². The van der Waals surface area contributed by atoms with Gasteiger partial charge in [-0.25, -0.2) is 4.79 Å². The lowest BCUT2D eigenvalue weighted by molar-refractivity contribution is -0.144. The summed E-state index contributed by atoms with van der Waals surface area (Å²) < 4.78 is 0. The van der Waals surface area contributed by atoms with Gasteiger partial charge in [-0.05, 0) is 31.0 Å². The highest BCUT2D eigenvalue weighted by Crippen LogP contribution is 2.12. The van der Waals surface area contributed by atoms with Crippen LogP contribution in [0.3, 0.4) is 0 Å². The molecule has 1 aromatic rings. The van der Waals surface area contributed by atoms with Crippen molar-refractivity contribution in [2.24, 2.45) is 5.73 Å². The number of phenolic OH excluding ortho intramolecular Hbond substituents is 1. The van der Waals surface area contributed by atoms with Gasteiger partial charge in [-0.3, -0.25) is 24.0 Å². The molecule has 1 aromatic carbocycles. The fourth-order valence-electron chi connectivity index (χ4n) is 2.83. The summed E-state index contributed by atoms with van der Waals surface area (Å²) in [5, 5.41) is 43.3. The number of carbonyl (C=O) groups is 6. The lowest BCUT2D eigenvalue weighted by atomic mass is 10.0. The maximum absolute atomic E-state index is 12.9. The van der Waals surface area contributed by atoms with E-state index in [0.717, 1.165) is 0 Å². The van der Waals surface area contributed by atoms with Gasteiger partial charge in [0.2, 0.25) is 17.7 Å². The van der Waals surface area contributed by atoms with E-state index >= 15 is 0 Å². The molecule has 1 rings (SSSR count). The number of hydrogen-bond acceptors (Lipinski definition) is 8. The van der Waals surface area contributed by atoms with E-state index in [1.165, 1.54) is 31.2 Å². The number of carboxylic acids is 3. The largest absolute Gasteiger partial charge is 0.508 e. The Labute approximate surface area is 199 Å². The number of carbonyl (C=O) groups excluding carboxylic acids is 3. The maximum atomic E-state index is 12.9. The highest BCUT2D eigenvalue weighted by atomic mass is 16.4. The fraction of sp³-hybridized carbons (Fsp3) is 0.429. The van der Waals surface area contributed by atoms with Crippen LogP contribution in [0.1, 0.15) is 31.7 Å². The van der Waals surface area contributed by atoms with Crippen molar-refractivity contribution in [3.8, 4) is 5.75 Å². The van der Waals surface area contributed by atoms with Crippen LogP contribution in [0.2, 0.25) is 0 Å². The third kappa shape index (κ3) is 10.5. The van der Waals surface area contributed by atoms with E-state index in [-0.39, 0.29) is 12.2 Å². The lowest BCUT2D eigenvalue weighted by Crippen LogP contribution is -2.57. The van der Waals surface area contributed by atoms with E-state index in [9.17, 15) is 39.0 Å². The first kappa shape index (κ1) is 28.8. The summed E-state index contributed by atoms with van der Waals surface area (Å²) in [6.07, 6.45) is -2.00. The molecule has 0 radical (unpaired) electrons. The number of aliphatic carboxylic acids is 3. The lowest BCUT2D eigenvalue weighted by Gasteiger charge is -2.24. The molecule has 0 aliphatic heterocycles. The summed E-state index contributed by atoms with van der Waals surface area (Å²) in [5.41, 5.74) is 5.88. The van der Waals surface area contributed by atoms with Crippen molar-refractivity contribution < 1.29 is 49.2 Å². The molecule has 0 aliphatic rings. The molecule has 0 heterocycles. The van der Waals surface area contributed by atoms with E-state index in [1.807, 2.05) is 0 Å². The number of hydrogen-bond donors (Lipinski definition) is 8. The third-order valence-corrected chi connectivity index (χ3v) is 4.70. The summed E-state index contributed by atoms with van der Waals surface area (Å²) in [6.45, 7) is 1.31. The number of carboxylic acid groups (broad SMARTS) is 3. The second kappa shape index (κ2) is 13.5. The topological polar surface area (TPSA) is 245 Å². The van der Waals surface area contributed by atoms with Crippen LogP contribution in [0.15, 0.2) is 24.3 Å². The fourth-order valence-corrected chi connectivity index (χ4v) is 2.83. The Hall–Kier alpha value is -4.20. The zero-order chi connectivity index (χ0) is 26.7. The third-order valence-electron chi connectivity index (χ3n) is 4.70. The molecule has 9 N–H and O–H groups in total. The molecule has 0 spiro atoms. The molecule has 14 heteroatoms. The van der Waals surface area contributed by atoms with Crippen LogP contribution in [0.5, 0.6) is 5.75 Å². The average Bonchev–Trinajstić information content (AvgIpc) is 2.76. The molecule has 0 fully saturated rings. The van der Waals surface area contributed by atoms with Crippen molar-refractivity contribution in [2.45, 2.75) is 56.8 Å². The molecule has 4 unspecified atom stereocenters. The maximum Gasteiger partial charge on any atom is 0.326 e. The van der Waals surface area contributed by atoms with Gasteiger partial charge in [0.15, 0.2) is 0 Å². The van der Waals surface area contributed by atoms with Crippen LogP contribution in [-0.2, 0) is 35.2 Å². The second-order valence-electron chi connectivity index (χ2n) is 7.71. The summed E-state index contributed by atoms with van der Waals surface area (Å²) in [6, 6.07) is -0.164. The summed E-state index contributed by atoms with van der Waals surface area (Å²) in [7, 11) is 0. The van der Waals surface area contributed by atoms with E-state index in [0.29, 0.717) is 5.56 Å². The van der Waals surface area contributed by atoms with Gasteiger partial charge in [0.25, 0.3) is 0 Å². The summed E-state index contributed by atoms with van der Waals surface area (Å²) in [4.78, 5) is 71.0. The minimum absolute atomic E-state index is 0.0708. The van der Waals surface area contributed by atoms with Crippen LogP contribution in [0, 0.1) is 0 Å². The first-order valence-corrected chi connectivity index (χ1v) is 10.4. The van der Waals surface area contributed by atoms with Crippen LogP contribution in [0.4, 0.5) is 0 Å². The molecule has 4 atom stereocenters. The number of aromatic hydroxyl groups is 1. The minimum atomic E-state index is -1.59. The number of rotatable bonds is 14. The van der Waals surface area contributed by atoms with Gasteiger partial charge in [-0.2, -0.15) is 0 Å². The average molecular weight is 496 g/mol. The number of nitrogens with two attached hydrogens (primary N) is 1. The van der Waals surface area contributed by atoms with Crippen LogP contribution in [0.25, 0.3) is 0 Å². The number of benzene rings is 1. The van der Waals surface area contributed by atoms with Crippen molar-refractivity contribution in [2.75, 3.05) is 0 Å². The quantitative estimate of drug-likeness (QED) is 0.142. The standard InChI is InChI=1S/C21H28N4O10/c1-10(22)18(31)24-15(9-17(29)30)20(33)25-14(8-11-2-4-12(26)5-3-11)19(32)23-13(21(34)35)6-7-16(27)28/h2-5,10,13-15,26H,6-9,22H2,1H3,(H,23,32)(H,24,31)(H,25,33)(H,27,28)(H,29,30)(H,34,35). The number of amides is 3. The molecule has 0 bridgehead atoms. The predicted octanol–water partition coefficient (Wildman–Crippen LogP) is -1.84. The Kier molecular flexibility index (Phi) is 11.1. The molecular formula is C21H28N4O10. The predicted molar refractivity (Wildman–Crippen MR) is 118 cm³/mol. The van der Waals surface area contributed by atoms with Crippen LogP contribution < -0.4 is 21.7 Å². The highest BCUT2D eigenvalue weighted by Gasteiger charge is 2.31. The molecule has 192 valence electrons. The number of phenols is 1. The number of nitrogens with one attached hydrogen (secondary N) is 3. The van der Waals surface area contributed by atoms with Gasteiger partial charge in [-0.1, -0.05) is 12.1 Å². The zero-order valence-electron chi connectivity index (χ0n) is 18.8. The van der Waals surface area contributed by atoms with Crippen molar-refractivity contribution in [3.05, 3.63) is 29.8 Å². The van der Waals surface area contributed by atoms with Gasteiger partial charge < -0.3 is 42.1 Å². The summed E-state index contributed by atoms with van der Waals surface area (Å²) in [5.74, 6) is -7.11. The second-order valence-corrected chi connectivity index (χ2v) is 7.71. The molecular weight excluding hydrogens is 468 g/mol. The Bertz CT molecular complexity index is 948. The smallest absolute Gasteiger partial charge is 0.326 e. The first-order chi connectivity index (χ1) is 16.3. The normalized spacial score (nSPS) is 14.0. The molecule has 0 aliphatic carbocycles. The van der Waals surface area contributed by atoms with Crippen LogP contribution >= 0.6 is 0 Å². The monoisotopic (exact) mass is 496 g/mol. The Morgan fingerprint density at radius 3 is 1.80 bits per heavy atom. The SMILES string of the molecule is CC(N)C(=O)NC(CC(=O)O)C(=O)NC(Cc1ccc(O)cc1)C(=O)NC(CCC(=O)O)C(=O)O. The van der Waals surface area contributed by atoms with Gasteiger partial charge in [-0.15, -0.1) is 0 Å². The van der Waals surface area contributed by atoms with Crippen LogP contribution in [-0.4, -0.2) is 80.2 Å². The molecule has 0 saturated carbocycles. The highest BCUT2D eigenvalue weighted by molar-refractivity contribution is 5.95. The zero-order valence-corrected chi connectivity index (χ0v) is 18.8. The molecule has 0 saturated heterocycles. The Morgan fingerprint density at radius 2 is 1.31 bits per heavy atom. The van der Waals surface area contributed by atoms with E-state index in [2.05, 4.69) is 16.0 Å². The Morgan fingerprint density at radius 1 is 0.800 bits per heavy atom. The van der Waals surface area contributed by atoms with Gasteiger partial charge in [0.05, 0.1) is 12.5 Å². The van der Waals surface area contributed by atoms with Gasteiger partial charge in [0, 0.05) is 12.8 Å². The van der Waals surface area contributed by atoms with Crippen molar-refractivity contribution in [1.82, 2.24) is 16.0 Å². The molecule has 0 aromatic heterocycles. The van der Waals surface area contributed by atoms with E-state index in [4.69, 9.17) is 15.9 Å². The van der Waals surface area contributed by atoms with Gasteiger partial charge >= 0.3 is 17.9 Å². The van der Waals surface area contributed by atoms with Crippen molar-refractivity contribution in [1.29, 1.82) is 0 Å². The van der Waals surface area contributed by atoms with E-state index in [1.54, 1.807) is 0 Å². The van der Waals surface area contributed by atoms with Crippen molar-refractivity contribution in [3.63, 3.8) is 0 Å².